The Morgan fingerprint density at radius 2 is 1.95 bits per heavy atom. The van der Waals surface area contributed by atoms with E-state index >= 15 is 0 Å². The monoisotopic (exact) mass is 325 g/mol. The number of thioether (sulfide) groups is 1. The number of nitrogens with zero attached hydrogens (tertiary/aromatic N) is 3. The number of carbonyl (C=O) groups excluding carboxylic acids is 1. The van der Waals surface area contributed by atoms with Gasteiger partial charge in [-0.1, -0.05) is 12.8 Å². The van der Waals surface area contributed by atoms with Crippen molar-refractivity contribution in [2.45, 2.75) is 56.6 Å². The van der Waals surface area contributed by atoms with Crippen LogP contribution in [0.3, 0.4) is 0 Å². The van der Waals surface area contributed by atoms with Crippen molar-refractivity contribution in [2.24, 2.45) is 0 Å². The Balaban J connectivity index is 1.43. The fourth-order valence-corrected chi connectivity index (χ4v) is 5.28. The number of likely N-dealkylation sites (tertiary alicyclic amines) is 1. The number of aryl methyl sites for hydroxylation is 1. The Morgan fingerprint density at radius 1 is 1.24 bits per heavy atom. The first kappa shape index (κ1) is 15.3. The Morgan fingerprint density at radius 3 is 2.57 bits per heavy atom. The molecule has 0 aromatic carbocycles. The van der Waals surface area contributed by atoms with Gasteiger partial charge in [-0.25, -0.2) is 0 Å². The average Bonchev–Trinajstić information content (AvgIpc) is 3.16. The SMILES string of the molecule is Cc1nnc(C2CCN(C(=O)CSC3CCCC3)CC2)s1. The maximum absolute atomic E-state index is 12.3. The number of amides is 1. The third-order valence-electron chi connectivity index (χ3n) is 4.48. The van der Waals surface area contributed by atoms with Gasteiger partial charge in [0.05, 0.1) is 5.75 Å². The quantitative estimate of drug-likeness (QED) is 0.852. The molecule has 2 fully saturated rings. The summed E-state index contributed by atoms with van der Waals surface area (Å²) in [6.45, 7) is 3.76. The lowest BCUT2D eigenvalue weighted by Gasteiger charge is -2.31. The van der Waals surface area contributed by atoms with Crippen LogP contribution in [0.2, 0.25) is 0 Å². The first-order valence-electron chi connectivity index (χ1n) is 7.92. The molecule has 0 radical (unpaired) electrons. The number of hydrogen-bond donors (Lipinski definition) is 0. The second kappa shape index (κ2) is 7.09. The van der Waals surface area contributed by atoms with Crippen molar-refractivity contribution in [3.63, 3.8) is 0 Å². The zero-order valence-corrected chi connectivity index (χ0v) is 14.2. The minimum absolute atomic E-state index is 0.332. The Bertz CT molecular complexity index is 477. The summed E-state index contributed by atoms with van der Waals surface area (Å²) >= 11 is 3.58. The predicted octanol–water partition coefficient (Wildman–Crippen LogP) is 3.23. The molecule has 0 N–H and O–H groups in total. The molecule has 2 heterocycles. The summed E-state index contributed by atoms with van der Waals surface area (Å²) in [5.74, 6) is 1.51. The summed E-state index contributed by atoms with van der Waals surface area (Å²) in [6, 6.07) is 0. The lowest BCUT2D eigenvalue weighted by molar-refractivity contribution is -0.129. The van der Waals surface area contributed by atoms with Gasteiger partial charge in [0.25, 0.3) is 0 Å². The van der Waals surface area contributed by atoms with Gasteiger partial charge in [-0.05, 0) is 32.6 Å². The molecule has 1 aromatic heterocycles. The van der Waals surface area contributed by atoms with E-state index in [1.165, 1.54) is 25.7 Å². The van der Waals surface area contributed by atoms with Gasteiger partial charge in [-0.2, -0.15) is 0 Å². The topological polar surface area (TPSA) is 46.1 Å². The van der Waals surface area contributed by atoms with Crippen LogP contribution in [-0.4, -0.2) is 45.1 Å². The molecule has 116 valence electrons. The molecule has 1 saturated heterocycles. The highest BCUT2D eigenvalue weighted by Gasteiger charge is 2.26. The van der Waals surface area contributed by atoms with Crippen LogP contribution < -0.4 is 0 Å². The molecule has 1 saturated carbocycles. The highest BCUT2D eigenvalue weighted by Crippen LogP contribution is 2.32. The van der Waals surface area contributed by atoms with Gasteiger partial charge in [0.15, 0.2) is 0 Å². The van der Waals surface area contributed by atoms with Crippen molar-refractivity contribution in [3.05, 3.63) is 10.0 Å². The molecule has 1 aliphatic carbocycles. The van der Waals surface area contributed by atoms with E-state index in [1.54, 1.807) is 11.3 Å². The fraction of sp³-hybridized carbons (Fsp3) is 0.800. The van der Waals surface area contributed by atoms with E-state index in [2.05, 4.69) is 10.2 Å². The maximum atomic E-state index is 12.3. The molecule has 0 spiro atoms. The molecule has 3 rings (SSSR count). The van der Waals surface area contributed by atoms with Gasteiger partial charge < -0.3 is 4.90 Å². The highest BCUT2D eigenvalue weighted by molar-refractivity contribution is 8.00. The van der Waals surface area contributed by atoms with Crippen LogP contribution in [0.5, 0.6) is 0 Å². The lowest BCUT2D eigenvalue weighted by Crippen LogP contribution is -2.39. The summed E-state index contributed by atoms with van der Waals surface area (Å²) in [6.07, 6.45) is 7.37. The van der Waals surface area contributed by atoms with Gasteiger partial charge in [0, 0.05) is 24.3 Å². The minimum Gasteiger partial charge on any atom is -0.342 e. The van der Waals surface area contributed by atoms with Crippen molar-refractivity contribution in [1.82, 2.24) is 15.1 Å². The van der Waals surface area contributed by atoms with E-state index in [-0.39, 0.29) is 0 Å². The first-order chi connectivity index (χ1) is 10.2. The first-order valence-corrected chi connectivity index (χ1v) is 9.78. The van der Waals surface area contributed by atoms with Crippen molar-refractivity contribution < 1.29 is 4.79 Å². The average molecular weight is 326 g/mol. The maximum Gasteiger partial charge on any atom is 0.232 e. The largest absolute Gasteiger partial charge is 0.342 e. The molecular formula is C15H23N3OS2. The Labute approximate surface area is 134 Å². The van der Waals surface area contributed by atoms with E-state index in [1.807, 2.05) is 23.6 Å². The van der Waals surface area contributed by atoms with Crippen LogP contribution in [0.1, 0.15) is 54.5 Å². The molecule has 0 atom stereocenters. The molecule has 4 nitrogen and oxygen atoms in total. The van der Waals surface area contributed by atoms with Gasteiger partial charge >= 0.3 is 0 Å². The third-order valence-corrected chi connectivity index (χ3v) is 6.84. The molecule has 1 amide bonds. The van der Waals surface area contributed by atoms with Crippen LogP contribution in [0.15, 0.2) is 0 Å². The number of hydrogen-bond acceptors (Lipinski definition) is 5. The van der Waals surface area contributed by atoms with E-state index < -0.39 is 0 Å². The minimum atomic E-state index is 0.332. The lowest BCUT2D eigenvalue weighted by atomic mass is 9.98. The molecule has 0 bridgehead atoms. The Kier molecular flexibility index (Phi) is 5.16. The second-order valence-electron chi connectivity index (χ2n) is 6.03. The van der Waals surface area contributed by atoms with Crippen molar-refractivity contribution in [1.29, 1.82) is 0 Å². The predicted molar refractivity (Wildman–Crippen MR) is 87.9 cm³/mol. The standard InChI is InChI=1S/C15H23N3OS2/c1-11-16-17-15(21-11)12-6-8-18(9-7-12)14(19)10-20-13-4-2-3-5-13/h12-13H,2-10H2,1H3. The van der Waals surface area contributed by atoms with Gasteiger partial charge in [-0.3, -0.25) is 4.79 Å². The van der Waals surface area contributed by atoms with Crippen LogP contribution in [0.4, 0.5) is 0 Å². The van der Waals surface area contributed by atoms with Gasteiger partial charge in [0.1, 0.15) is 10.0 Å². The van der Waals surface area contributed by atoms with Crippen LogP contribution in [-0.2, 0) is 4.79 Å². The zero-order valence-electron chi connectivity index (χ0n) is 12.6. The van der Waals surface area contributed by atoms with E-state index in [4.69, 9.17) is 0 Å². The van der Waals surface area contributed by atoms with Crippen LogP contribution in [0.25, 0.3) is 0 Å². The van der Waals surface area contributed by atoms with Gasteiger partial charge in [-0.15, -0.1) is 33.3 Å². The van der Waals surface area contributed by atoms with Crippen molar-refractivity contribution in [2.75, 3.05) is 18.8 Å². The fourth-order valence-electron chi connectivity index (χ4n) is 3.19. The number of carbonyl (C=O) groups is 1. The van der Waals surface area contributed by atoms with E-state index in [0.717, 1.165) is 41.2 Å². The number of piperidine rings is 1. The smallest absolute Gasteiger partial charge is 0.232 e. The van der Waals surface area contributed by atoms with Crippen LogP contribution in [0, 0.1) is 6.92 Å². The summed E-state index contributed by atoms with van der Waals surface area (Å²) in [4.78, 5) is 14.3. The summed E-state index contributed by atoms with van der Waals surface area (Å²) in [5, 5.41) is 11.3. The third kappa shape index (κ3) is 3.97. The zero-order chi connectivity index (χ0) is 14.7. The van der Waals surface area contributed by atoms with Gasteiger partial charge in [0.2, 0.25) is 5.91 Å². The van der Waals surface area contributed by atoms with E-state index in [9.17, 15) is 4.79 Å². The van der Waals surface area contributed by atoms with E-state index in [0.29, 0.717) is 17.6 Å². The molecule has 1 aliphatic heterocycles. The molecule has 21 heavy (non-hydrogen) atoms. The number of aromatic nitrogens is 2. The number of rotatable bonds is 4. The molecule has 0 unspecified atom stereocenters. The normalized spacial score (nSPS) is 21.1. The second-order valence-corrected chi connectivity index (χ2v) is 8.53. The van der Waals surface area contributed by atoms with Crippen molar-refractivity contribution >= 4 is 29.0 Å². The summed E-state index contributed by atoms with van der Waals surface area (Å²) in [7, 11) is 0. The highest BCUT2D eigenvalue weighted by atomic mass is 32.2. The molecular weight excluding hydrogens is 302 g/mol. The molecule has 2 aliphatic rings. The summed E-state index contributed by atoms with van der Waals surface area (Å²) < 4.78 is 0. The molecule has 1 aromatic rings. The van der Waals surface area contributed by atoms with Crippen molar-refractivity contribution in [3.8, 4) is 0 Å². The summed E-state index contributed by atoms with van der Waals surface area (Å²) in [5.41, 5.74) is 0. The molecule has 6 heteroatoms. The van der Waals surface area contributed by atoms with Crippen LogP contribution >= 0.6 is 23.1 Å². The Hall–Kier alpha value is -0.620.